The van der Waals surface area contributed by atoms with Crippen LogP contribution in [0.15, 0.2) is 91.0 Å². The SMILES string of the molecule is CC(=O)OCCC(C)(C)C(=O)OC1[C@H](OC(=N)C(Cl)(Cl)Cl)OC2COC(c3ccccc3)O[C@@H]2[C@@H]1O[C@@H]1OC2COC(c3ccccc3)O[C@@H]2[C@H](O[Si](C)(C)C(C)(C)C)C1OC(=O)c1ccccc1. The number of esters is 3. The highest BCUT2D eigenvalue weighted by Crippen LogP contribution is 2.45. The first-order valence-corrected chi connectivity index (χ1v) is 26.8. The highest BCUT2D eigenvalue weighted by molar-refractivity contribution is 6.76. The first-order chi connectivity index (χ1) is 32.5. The molecule has 0 radical (unpaired) electrons. The fourth-order valence-electron chi connectivity index (χ4n) is 7.85. The Bertz CT molecular complexity index is 2230. The Hall–Kier alpha value is -3.69. The summed E-state index contributed by atoms with van der Waals surface area (Å²) in [5.41, 5.74) is 0.363. The van der Waals surface area contributed by atoms with Crippen molar-refractivity contribution in [1.29, 1.82) is 5.41 Å². The molecule has 0 bridgehead atoms. The van der Waals surface area contributed by atoms with Crippen molar-refractivity contribution in [2.75, 3.05) is 19.8 Å². The van der Waals surface area contributed by atoms with Gasteiger partial charge in [0.05, 0.1) is 30.8 Å². The van der Waals surface area contributed by atoms with Crippen LogP contribution in [0, 0.1) is 10.8 Å². The standard InChI is InChI=1S/C49H60Cl3NO15Si/c1-28(54)57-25-24-48(5,6)46(56)66-38-36(34-32(61-44(38)67-45(53)49(50,51)52)26-58-41(63-34)30-20-14-10-15-21-30)65-43-39(62-40(55)29-18-12-9-13-19-29)37(68-69(7,8)47(2,3)4)35-33(60-43)27-59-42(64-35)31-22-16-11-17-23-31/h9-23,32-39,41-44,53H,24-27H2,1-8H3/t32?,33?,34-,35-,36-,37-,38?,39?,41?,42?,43-,44-/m0/s1. The van der Waals surface area contributed by atoms with E-state index in [4.69, 9.17) is 96.7 Å². The van der Waals surface area contributed by atoms with E-state index in [0.29, 0.717) is 5.56 Å². The van der Waals surface area contributed by atoms with Crippen molar-refractivity contribution in [2.45, 2.75) is 144 Å². The van der Waals surface area contributed by atoms with Gasteiger partial charge in [-0.05, 0) is 50.5 Å². The van der Waals surface area contributed by atoms with Crippen molar-refractivity contribution in [3.8, 4) is 0 Å². The smallest absolute Gasteiger partial charge is 0.338 e. The van der Waals surface area contributed by atoms with E-state index in [-0.39, 0.29) is 36.8 Å². The number of ether oxygens (including phenoxy) is 11. The second kappa shape index (κ2) is 22.0. The van der Waals surface area contributed by atoms with E-state index in [0.717, 1.165) is 5.56 Å². The Labute approximate surface area is 418 Å². The molecule has 7 rings (SSSR count). The summed E-state index contributed by atoms with van der Waals surface area (Å²) in [4.78, 5) is 40.5. The van der Waals surface area contributed by atoms with Gasteiger partial charge in [0.1, 0.15) is 36.6 Å². The van der Waals surface area contributed by atoms with Crippen molar-refractivity contribution >= 4 is 66.9 Å². The molecule has 3 aromatic rings. The van der Waals surface area contributed by atoms with Gasteiger partial charge in [0.25, 0.3) is 3.79 Å². The number of nitrogens with one attached hydrogen (secondary N) is 1. The molecule has 4 fully saturated rings. The number of carbonyl (C=O) groups excluding carboxylic acids is 3. The predicted molar refractivity (Wildman–Crippen MR) is 254 cm³/mol. The maximum atomic E-state index is 14.4. The lowest BCUT2D eigenvalue weighted by molar-refractivity contribution is -0.399. The number of carbonyl (C=O) groups is 3. The number of hydrogen-bond donors (Lipinski definition) is 1. The molecular formula is C49H60Cl3NO15Si. The number of rotatable bonds is 14. The molecule has 0 amide bonds. The van der Waals surface area contributed by atoms with E-state index >= 15 is 0 Å². The molecule has 0 aromatic heterocycles. The Morgan fingerprint density at radius 3 is 1.67 bits per heavy atom. The Morgan fingerprint density at radius 2 is 1.16 bits per heavy atom. The lowest BCUT2D eigenvalue weighted by Gasteiger charge is -2.53. The fourth-order valence-corrected chi connectivity index (χ4v) is 9.29. The molecule has 6 unspecified atom stereocenters. The van der Waals surface area contributed by atoms with E-state index in [1.165, 1.54) is 6.92 Å². The van der Waals surface area contributed by atoms with Crippen molar-refractivity contribution in [3.05, 3.63) is 108 Å². The van der Waals surface area contributed by atoms with Gasteiger partial charge in [0.2, 0.25) is 12.2 Å². The third-order valence-electron chi connectivity index (χ3n) is 12.8. The van der Waals surface area contributed by atoms with Gasteiger partial charge in [-0.15, -0.1) is 0 Å². The largest absolute Gasteiger partial charge is 0.466 e. The molecule has 4 saturated heterocycles. The second-order valence-electron chi connectivity index (χ2n) is 19.4. The van der Waals surface area contributed by atoms with Gasteiger partial charge in [-0.1, -0.05) is 134 Å². The van der Waals surface area contributed by atoms with E-state index in [1.807, 2.05) is 60.7 Å². The topological polar surface area (TPSA) is 186 Å². The summed E-state index contributed by atoms with van der Waals surface area (Å²) in [5.74, 6) is -2.89. The lowest BCUT2D eigenvalue weighted by atomic mass is 9.89. The zero-order valence-electron chi connectivity index (χ0n) is 39.7. The van der Waals surface area contributed by atoms with Gasteiger partial charge in [-0.25, -0.2) is 4.79 Å². The van der Waals surface area contributed by atoms with Crippen molar-refractivity contribution < 1.29 is 70.9 Å². The monoisotopic (exact) mass is 1040 g/mol. The van der Waals surface area contributed by atoms with Crippen LogP contribution in [0.4, 0.5) is 0 Å². The van der Waals surface area contributed by atoms with E-state index < -0.39 is 115 Å². The first kappa shape index (κ1) is 53.1. The molecule has 4 heterocycles. The minimum Gasteiger partial charge on any atom is -0.466 e. The van der Waals surface area contributed by atoms with Crippen LogP contribution in [-0.4, -0.2) is 117 Å². The molecule has 376 valence electrons. The molecule has 3 aromatic carbocycles. The Morgan fingerprint density at radius 1 is 0.667 bits per heavy atom. The summed E-state index contributed by atoms with van der Waals surface area (Å²) in [7, 11) is -2.79. The molecule has 69 heavy (non-hydrogen) atoms. The molecule has 4 aliphatic heterocycles. The number of hydrogen-bond acceptors (Lipinski definition) is 16. The van der Waals surface area contributed by atoms with Crippen LogP contribution in [0.5, 0.6) is 0 Å². The number of alkyl halides is 3. The molecule has 16 nitrogen and oxygen atoms in total. The minimum atomic E-state index is -2.79. The van der Waals surface area contributed by atoms with Crippen molar-refractivity contribution in [1.82, 2.24) is 0 Å². The number of benzene rings is 3. The number of fused-ring (bicyclic) bond motifs is 2. The van der Waals surface area contributed by atoms with Gasteiger partial charge < -0.3 is 56.5 Å². The highest BCUT2D eigenvalue weighted by Gasteiger charge is 2.60. The van der Waals surface area contributed by atoms with Crippen molar-refractivity contribution in [2.24, 2.45) is 5.41 Å². The molecule has 20 heteroatoms. The van der Waals surface area contributed by atoms with Crippen LogP contribution in [0.1, 0.15) is 82.0 Å². The highest BCUT2D eigenvalue weighted by atomic mass is 35.6. The summed E-state index contributed by atoms with van der Waals surface area (Å²) >= 11 is 18.5. The number of halogens is 3. The van der Waals surface area contributed by atoms with Crippen LogP contribution < -0.4 is 0 Å². The van der Waals surface area contributed by atoms with Gasteiger partial charge in [-0.2, -0.15) is 0 Å². The Kier molecular flexibility index (Phi) is 16.9. The third kappa shape index (κ3) is 12.9. The van der Waals surface area contributed by atoms with Crippen LogP contribution in [0.25, 0.3) is 0 Å². The van der Waals surface area contributed by atoms with Crippen LogP contribution in [0.3, 0.4) is 0 Å². The summed E-state index contributed by atoms with van der Waals surface area (Å²) < 4.78 is 75.2. The van der Waals surface area contributed by atoms with Crippen LogP contribution in [0.2, 0.25) is 18.1 Å². The summed E-state index contributed by atoms with van der Waals surface area (Å²) in [5, 5.41) is 8.27. The normalized spacial score (nSPS) is 29.7. The van der Waals surface area contributed by atoms with Crippen molar-refractivity contribution in [3.63, 3.8) is 0 Å². The fraction of sp³-hybridized carbons (Fsp3) is 0.551. The minimum absolute atomic E-state index is 0.00212. The van der Waals surface area contributed by atoms with Crippen LogP contribution >= 0.6 is 34.8 Å². The zero-order valence-corrected chi connectivity index (χ0v) is 42.9. The zero-order chi connectivity index (χ0) is 49.9. The van der Waals surface area contributed by atoms with Gasteiger partial charge >= 0.3 is 17.9 Å². The summed E-state index contributed by atoms with van der Waals surface area (Å²) in [6.45, 7) is 14.7. The summed E-state index contributed by atoms with van der Waals surface area (Å²) in [6, 6.07) is 27.0. The maximum Gasteiger partial charge on any atom is 0.338 e. The summed E-state index contributed by atoms with van der Waals surface area (Å²) in [6.07, 6.45) is -14.3. The molecular weight excluding hydrogens is 977 g/mol. The lowest BCUT2D eigenvalue weighted by Crippen LogP contribution is -2.69. The van der Waals surface area contributed by atoms with E-state index in [1.54, 1.807) is 44.2 Å². The third-order valence-corrected chi connectivity index (χ3v) is 17.8. The average Bonchev–Trinajstić information content (AvgIpc) is 3.30. The quantitative estimate of drug-likeness (QED) is 0.0403. The van der Waals surface area contributed by atoms with E-state index in [9.17, 15) is 14.4 Å². The molecule has 0 spiro atoms. The second-order valence-corrected chi connectivity index (χ2v) is 26.4. The predicted octanol–water partition coefficient (Wildman–Crippen LogP) is 8.92. The first-order valence-electron chi connectivity index (χ1n) is 22.7. The maximum absolute atomic E-state index is 14.4. The molecule has 12 atom stereocenters. The molecule has 0 aliphatic carbocycles. The molecule has 0 saturated carbocycles. The molecule has 4 aliphatic rings. The van der Waals surface area contributed by atoms with E-state index in [2.05, 4.69) is 33.9 Å². The Balaban J connectivity index is 1.34. The van der Waals surface area contributed by atoms with Crippen LogP contribution in [-0.2, 0) is 66.1 Å². The van der Waals surface area contributed by atoms with Gasteiger partial charge in [-0.3, -0.25) is 15.0 Å². The molecule has 1 N–H and O–H groups in total. The van der Waals surface area contributed by atoms with Gasteiger partial charge in [0.15, 0.2) is 39.4 Å². The van der Waals surface area contributed by atoms with Gasteiger partial charge in [0, 0.05) is 18.1 Å². The average molecular weight is 1040 g/mol.